The number of benzene rings is 1. The Kier molecular flexibility index (Phi) is 3.94. The zero-order valence-corrected chi connectivity index (χ0v) is 10.9. The van der Waals surface area contributed by atoms with Gasteiger partial charge in [0.15, 0.2) is 0 Å². The first-order chi connectivity index (χ1) is 8.56. The molecule has 0 aliphatic heterocycles. The zero-order chi connectivity index (χ0) is 13.1. The summed E-state index contributed by atoms with van der Waals surface area (Å²) in [6.45, 7) is 0.565. The second kappa shape index (κ2) is 5.46. The third-order valence-corrected chi connectivity index (χ3v) is 3.10. The minimum atomic E-state index is -0.974. The van der Waals surface area contributed by atoms with Crippen molar-refractivity contribution in [3.05, 3.63) is 57.8 Å². The van der Waals surface area contributed by atoms with E-state index < -0.39 is 5.97 Å². The molecule has 0 unspecified atom stereocenters. The molecule has 0 bridgehead atoms. The van der Waals surface area contributed by atoms with Gasteiger partial charge in [0, 0.05) is 17.8 Å². The number of carboxylic acid groups (broad SMARTS) is 1. The van der Waals surface area contributed by atoms with E-state index in [2.05, 4.69) is 0 Å². The summed E-state index contributed by atoms with van der Waals surface area (Å²) < 4.78 is 1.64. The molecule has 3 nitrogen and oxygen atoms in total. The molecule has 1 heterocycles. The van der Waals surface area contributed by atoms with Crippen molar-refractivity contribution in [3.8, 4) is 0 Å². The highest BCUT2D eigenvalue weighted by Gasteiger charge is 2.11. The largest absolute Gasteiger partial charge is 0.477 e. The molecule has 0 fully saturated rings. The SMILES string of the molecule is O=C(O)c1cc(Cl)cn1CCc1ccc(Cl)cc1. The minimum Gasteiger partial charge on any atom is -0.477 e. The molecule has 0 saturated carbocycles. The summed E-state index contributed by atoms with van der Waals surface area (Å²) in [7, 11) is 0. The summed E-state index contributed by atoms with van der Waals surface area (Å²) in [6, 6.07) is 8.93. The Morgan fingerprint density at radius 3 is 2.44 bits per heavy atom. The van der Waals surface area contributed by atoms with Crippen LogP contribution < -0.4 is 0 Å². The van der Waals surface area contributed by atoms with Crippen LogP contribution in [0.4, 0.5) is 0 Å². The van der Waals surface area contributed by atoms with Crippen molar-refractivity contribution < 1.29 is 9.90 Å². The van der Waals surface area contributed by atoms with Crippen LogP contribution >= 0.6 is 23.2 Å². The molecule has 0 atom stereocenters. The van der Waals surface area contributed by atoms with E-state index in [1.54, 1.807) is 10.8 Å². The van der Waals surface area contributed by atoms with Gasteiger partial charge in [0.2, 0.25) is 0 Å². The van der Waals surface area contributed by atoms with E-state index >= 15 is 0 Å². The molecule has 0 aliphatic carbocycles. The maximum absolute atomic E-state index is 11.0. The number of aromatic nitrogens is 1. The Hall–Kier alpha value is -1.45. The Balaban J connectivity index is 2.10. The van der Waals surface area contributed by atoms with Gasteiger partial charge in [0.1, 0.15) is 5.69 Å². The van der Waals surface area contributed by atoms with Gasteiger partial charge in [-0.1, -0.05) is 35.3 Å². The van der Waals surface area contributed by atoms with Crippen LogP contribution in [0.2, 0.25) is 10.0 Å². The molecule has 18 heavy (non-hydrogen) atoms. The molecule has 94 valence electrons. The van der Waals surface area contributed by atoms with E-state index in [-0.39, 0.29) is 5.69 Å². The molecule has 1 aromatic carbocycles. The van der Waals surface area contributed by atoms with Gasteiger partial charge in [0.05, 0.1) is 5.02 Å². The molecule has 2 rings (SSSR count). The van der Waals surface area contributed by atoms with E-state index in [1.807, 2.05) is 24.3 Å². The molecule has 0 spiro atoms. The van der Waals surface area contributed by atoms with Crippen LogP contribution in [0.5, 0.6) is 0 Å². The fraction of sp³-hybridized carbons (Fsp3) is 0.154. The number of halogens is 2. The number of hydrogen-bond acceptors (Lipinski definition) is 1. The lowest BCUT2D eigenvalue weighted by atomic mass is 10.1. The van der Waals surface area contributed by atoms with Crippen LogP contribution in [0, 0.1) is 0 Å². The van der Waals surface area contributed by atoms with Crippen LogP contribution in [0.3, 0.4) is 0 Å². The summed E-state index contributed by atoms with van der Waals surface area (Å²) in [5.74, 6) is -0.974. The molecule has 0 amide bonds. The van der Waals surface area contributed by atoms with Crippen molar-refractivity contribution in [2.75, 3.05) is 0 Å². The number of aromatic carboxylic acids is 1. The molecular weight excluding hydrogens is 273 g/mol. The zero-order valence-electron chi connectivity index (χ0n) is 9.44. The predicted octanol–water partition coefficient (Wildman–Crippen LogP) is 3.74. The highest BCUT2D eigenvalue weighted by Crippen LogP contribution is 2.16. The highest BCUT2D eigenvalue weighted by molar-refractivity contribution is 6.31. The van der Waals surface area contributed by atoms with Crippen molar-refractivity contribution in [1.29, 1.82) is 0 Å². The summed E-state index contributed by atoms with van der Waals surface area (Å²) in [6.07, 6.45) is 2.35. The first kappa shape index (κ1) is 13.0. The quantitative estimate of drug-likeness (QED) is 0.929. The maximum atomic E-state index is 11.0. The Bertz CT molecular complexity index is 561. The van der Waals surface area contributed by atoms with Crippen LogP contribution in [-0.4, -0.2) is 15.6 Å². The van der Waals surface area contributed by atoms with Gasteiger partial charge in [-0.15, -0.1) is 0 Å². The number of rotatable bonds is 4. The van der Waals surface area contributed by atoms with Crippen molar-refractivity contribution in [1.82, 2.24) is 4.57 Å². The Morgan fingerprint density at radius 2 is 1.83 bits per heavy atom. The van der Waals surface area contributed by atoms with Gasteiger partial charge in [-0.3, -0.25) is 0 Å². The first-order valence-corrected chi connectivity index (χ1v) is 6.15. The normalized spacial score (nSPS) is 10.6. The van der Waals surface area contributed by atoms with E-state index in [0.29, 0.717) is 16.6 Å². The van der Waals surface area contributed by atoms with Gasteiger partial charge in [-0.25, -0.2) is 4.79 Å². The number of carbonyl (C=O) groups is 1. The number of aryl methyl sites for hydroxylation is 2. The molecule has 0 radical (unpaired) electrons. The Morgan fingerprint density at radius 1 is 1.17 bits per heavy atom. The topological polar surface area (TPSA) is 42.2 Å². The summed E-state index contributed by atoms with van der Waals surface area (Å²) in [5.41, 5.74) is 1.30. The number of hydrogen-bond donors (Lipinski definition) is 1. The van der Waals surface area contributed by atoms with Crippen LogP contribution in [-0.2, 0) is 13.0 Å². The van der Waals surface area contributed by atoms with Crippen LogP contribution in [0.25, 0.3) is 0 Å². The maximum Gasteiger partial charge on any atom is 0.352 e. The van der Waals surface area contributed by atoms with Crippen molar-refractivity contribution >= 4 is 29.2 Å². The second-order valence-electron chi connectivity index (χ2n) is 3.92. The first-order valence-electron chi connectivity index (χ1n) is 5.39. The third kappa shape index (κ3) is 3.06. The second-order valence-corrected chi connectivity index (χ2v) is 4.79. The summed E-state index contributed by atoms with van der Waals surface area (Å²) >= 11 is 11.6. The van der Waals surface area contributed by atoms with E-state index in [0.717, 1.165) is 12.0 Å². The summed E-state index contributed by atoms with van der Waals surface area (Å²) in [5, 5.41) is 10.1. The lowest BCUT2D eigenvalue weighted by Crippen LogP contribution is -2.09. The molecule has 1 aromatic heterocycles. The molecule has 0 saturated heterocycles. The van der Waals surface area contributed by atoms with Crippen LogP contribution in [0.15, 0.2) is 36.5 Å². The lowest BCUT2D eigenvalue weighted by Gasteiger charge is -2.06. The average Bonchev–Trinajstić information content (AvgIpc) is 2.70. The Labute approximate surface area is 115 Å². The van der Waals surface area contributed by atoms with Gasteiger partial charge in [-0.05, 0) is 30.2 Å². The number of carboxylic acids is 1. The smallest absolute Gasteiger partial charge is 0.352 e. The monoisotopic (exact) mass is 283 g/mol. The van der Waals surface area contributed by atoms with E-state index in [1.165, 1.54) is 6.07 Å². The fourth-order valence-electron chi connectivity index (χ4n) is 1.74. The molecule has 5 heteroatoms. The molecule has 1 N–H and O–H groups in total. The fourth-order valence-corrected chi connectivity index (χ4v) is 2.09. The van der Waals surface area contributed by atoms with Gasteiger partial charge < -0.3 is 9.67 Å². The standard InChI is InChI=1S/C13H11Cl2NO2/c14-10-3-1-9(2-4-10)5-6-16-8-11(15)7-12(16)13(17)18/h1-4,7-8H,5-6H2,(H,17,18). The van der Waals surface area contributed by atoms with Crippen molar-refractivity contribution in [2.45, 2.75) is 13.0 Å². The minimum absolute atomic E-state index is 0.203. The highest BCUT2D eigenvalue weighted by atomic mass is 35.5. The van der Waals surface area contributed by atoms with Gasteiger partial charge in [0.25, 0.3) is 0 Å². The summed E-state index contributed by atoms with van der Waals surface area (Å²) in [4.78, 5) is 11.0. The predicted molar refractivity (Wildman–Crippen MR) is 71.6 cm³/mol. The van der Waals surface area contributed by atoms with Crippen molar-refractivity contribution in [3.63, 3.8) is 0 Å². The molecule has 0 aliphatic rings. The lowest BCUT2D eigenvalue weighted by molar-refractivity contribution is 0.0685. The van der Waals surface area contributed by atoms with Gasteiger partial charge in [-0.2, -0.15) is 0 Å². The van der Waals surface area contributed by atoms with E-state index in [4.69, 9.17) is 28.3 Å². The molecule has 2 aromatic rings. The number of nitrogens with zero attached hydrogens (tertiary/aromatic N) is 1. The molecular formula is C13H11Cl2NO2. The average molecular weight is 284 g/mol. The van der Waals surface area contributed by atoms with Crippen LogP contribution in [0.1, 0.15) is 16.1 Å². The van der Waals surface area contributed by atoms with Gasteiger partial charge >= 0.3 is 5.97 Å². The third-order valence-electron chi connectivity index (χ3n) is 2.64. The van der Waals surface area contributed by atoms with E-state index in [9.17, 15) is 4.79 Å². The van der Waals surface area contributed by atoms with Crippen molar-refractivity contribution in [2.24, 2.45) is 0 Å².